The van der Waals surface area contributed by atoms with Crippen LogP contribution in [0, 0.1) is 0 Å². The summed E-state index contributed by atoms with van der Waals surface area (Å²) >= 11 is 0. The summed E-state index contributed by atoms with van der Waals surface area (Å²) < 4.78 is 42.0. The standard InChI is InChI=1S/C11H22F3NO/c1-5-10(6-2,16-4)9(15-3)7-8-11(12,13)14/h9,15H,5-8H2,1-4H3. The van der Waals surface area contributed by atoms with Gasteiger partial charge < -0.3 is 10.1 Å². The van der Waals surface area contributed by atoms with Crippen molar-refractivity contribution in [2.75, 3.05) is 14.2 Å². The van der Waals surface area contributed by atoms with Crippen molar-refractivity contribution >= 4 is 0 Å². The monoisotopic (exact) mass is 241 g/mol. The molecule has 98 valence electrons. The van der Waals surface area contributed by atoms with Gasteiger partial charge in [-0.3, -0.25) is 0 Å². The lowest BCUT2D eigenvalue weighted by molar-refractivity contribution is -0.142. The van der Waals surface area contributed by atoms with Crippen molar-refractivity contribution in [3.8, 4) is 0 Å². The number of methoxy groups -OCH3 is 1. The fourth-order valence-corrected chi connectivity index (χ4v) is 2.15. The molecule has 0 bridgehead atoms. The van der Waals surface area contributed by atoms with E-state index in [-0.39, 0.29) is 12.5 Å². The Balaban J connectivity index is 4.56. The molecule has 1 unspecified atom stereocenters. The van der Waals surface area contributed by atoms with E-state index in [4.69, 9.17) is 4.74 Å². The van der Waals surface area contributed by atoms with Gasteiger partial charge >= 0.3 is 6.18 Å². The molecule has 0 aliphatic rings. The molecular weight excluding hydrogens is 219 g/mol. The Kier molecular flexibility index (Phi) is 6.33. The topological polar surface area (TPSA) is 21.3 Å². The van der Waals surface area contributed by atoms with Crippen LogP contribution in [0.1, 0.15) is 39.5 Å². The molecule has 0 saturated heterocycles. The predicted molar refractivity (Wildman–Crippen MR) is 58.5 cm³/mol. The van der Waals surface area contributed by atoms with E-state index in [9.17, 15) is 13.2 Å². The summed E-state index contributed by atoms with van der Waals surface area (Å²) in [6.45, 7) is 3.87. The molecule has 0 fully saturated rings. The van der Waals surface area contributed by atoms with Gasteiger partial charge in [-0.2, -0.15) is 13.2 Å². The van der Waals surface area contributed by atoms with E-state index in [1.807, 2.05) is 13.8 Å². The third-order valence-corrected chi connectivity index (χ3v) is 3.30. The van der Waals surface area contributed by atoms with Crippen LogP contribution >= 0.6 is 0 Å². The van der Waals surface area contributed by atoms with Gasteiger partial charge in [-0.15, -0.1) is 0 Å². The molecule has 0 amide bonds. The predicted octanol–water partition coefficient (Wildman–Crippen LogP) is 3.12. The second-order valence-electron chi connectivity index (χ2n) is 3.97. The van der Waals surface area contributed by atoms with Crippen molar-refractivity contribution in [1.29, 1.82) is 0 Å². The van der Waals surface area contributed by atoms with Gasteiger partial charge in [0.25, 0.3) is 0 Å². The second-order valence-corrected chi connectivity index (χ2v) is 3.97. The van der Waals surface area contributed by atoms with Gasteiger partial charge in [-0.1, -0.05) is 13.8 Å². The third kappa shape index (κ3) is 4.29. The zero-order chi connectivity index (χ0) is 12.8. The van der Waals surface area contributed by atoms with E-state index in [1.54, 1.807) is 14.2 Å². The van der Waals surface area contributed by atoms with Crippen LogP contribution in [0.5, 0.6) is 0 Å². The molecule has 16 heavy (non-hydrogen) atoms. The molecule has 0 aromatic carbocycles. The molecule has 0 aromatic heterocycles. The van der Waals surface area contributed by atoms with Crippen LogP contribution in [0.4, 0.5) is 13.2 Å². The first-order chi connectivity index (χ1) is 7.35. The lowest BCUT2D eigenvalue weighted by Crippen LogP contribution is -2.50. The maximum Gasteiger partial charge on any atom is 0.389 e. The van der Waals surface area contributed by atoms with E-state index >= 15 is 0 Å². The number of hydrogen-bond donors (Lipinski definition) is 1. The van der Waals surface area contributed by atoms with Crippen molar-refractivity contribution in [2.45, 2.75) is 57.3 Å². The number of rotatable bonds is 7. The Bertz CT molecular complexity index is 182. The zero-order valence-electron chi connectivity index (χ0n) is 10.4. The van der Waals surface area contributed by atoms with Gasteiger partial charge in [0.1, 0.15) is 0 Å². The van der Waals surface area contributed by atoms with Gasteiger partial charge in [-0.25, -0.2) is 0 Å². The Morgan fingerprint density at radius 2 is 1.69 bits per heavy atom. The average molecular weight is 241 g/mol. The summed E-state index contributed by atoms with van der Waals surface area (Å²) in [6, 6.07) is -0.269. The quantitative estimate of drug-likeness (QED) is 0.739. The largest absolute Gasteiger partial charge is 0.389 e. The number of nitrogens with one attached hydrogen (secondary N) is 1. The molecule has 0 aromatic rings. The molecule has 0 radical (unpaired) electrons. The second kappa shape index (κ2) is 6.45. The number of likely N-dealkylation sites (N-methyl/N-ethyl adjacent to an activating group) is 1. The lowest BCUT2D eigenvalue weighted by atomic mass is 9.85. The minimum atomic E-state index is -4.10. The van der Waals surface area contributed by atoms with Gasteiger partial charge in [0.15, 0.2) is 0 Å². The van der Waals surface area contributed by atoms with Gasteiger partial charge in [0.05, 0.1) is 5.60 Å². The molecular formula is C11H22F3NO. The molecule has 2 nitrogen and oxygen atoms in total. The van der Waals surface area contributed by atoms with Crippen LogP contribution < -0.4 is 5.32 Å². The van der Waals surface area contributed by atoms with Crippen LogP contribution in [0.15, 0.2) is 0 Å². The normalized spacial score (nSPS) is 15.2. The van der Waals surface area contributed by atoms with Crippen molar-refractivity contribution < 1.29 is 17.9 Å². The van der Waals surface area contributed by atoms with Crippen molar-refractivity contribution in [3.63, 3.8) is 0 Å². The summed E-state index contributed by atoms with van der Waals surface area (Å²) in [6.07, 6.45) is -3.43. The fraction of sp³-hybridized carbons (Fsp3) is 1.00. The first kappa shape index (κ1) is 15.7. The molecule has 5 heteroatoms. The number of hydrogen-bond acceptors (Lipinski definition) is 2. The highest BCUT2D eigenvalue weighted by molar-refractivity contribution is 4.90. The van der Waals surface area contributed by atoms with Crippen LogP contribution in [0.3, 0.4) is 0 Å². The number of ether oxygens (including phenoxy) is 1. The van der Waals surface area contributed by atoms with E-state index in [1.165, 1.54) is 0 Å². The van der Waals surface area contributed by atoms with Crippen LogP contribution in [0.2, 0.25) is 0 Å². The van der Waals surface area contributed by atoms with E-state index in [0.29, 0.717) is 12.8 Å². The Morgan fingerprint density at radius 3 is 1.94 bits per heavy atom. The molecule has 0 saturated carbocycles. The minimum absolute atomic E-state index is 0.0511. The van der Waals surface area contributed by atoms with Crippen molar-refractivity contribution in [2.24, 2.45) is 0 Å². The van der Waals surface area contributed by atoms with Gasteiger partial charge in [0, 0.05) is 19.6 Å². The van der Waals surface area contributed by atoms with Gasteiger partial charge in [0.2, 0.25) is 0 Å². The van der Waals surface area contributed by atoms with E-state index in [2.05, 4.69) is 5.32 Å². The maximum absolute atomic E-state index is 12.2. The smallest absolute Gasteiger partial charge is 0.377 e. The molecule has 0 spiro atoms. The van der Waals surface area contributed by atoms with Crippen LogP contribution in [-0.4, -0.2) is 32.0 Å². The molecule has 0 aliphatic carbocycles. The highest BCUT2D eigenvalue weighted by Crippen LogP contribution is 2.30. The molecule has 1 atom stereocenters. The number of halogens is 3. The summed E-state index contributed by atoms with van der Waals surface area (Å²) in [4.78, 5) is 0. The molecule has 0 rings (SSSR count). The Morgan fingerprint density at radius 1 is 1.19 bits per heavy atom. The van der Waals surface area contributed by atoms with E-state index in [0.717, 1.165) is 0 Å². The summed E-state index contributed by atoms with van der Waals surface area (Å²) in [5.41, 5.74) is -0.500. The Labute approximate surface area is 95.5 Å². The highest BCUT2D eigenvalue weighted by Gasteiger charge is 2.37. The maximum atomic E-state index is 12.2. The Hall–Kier alpha value is -0.290. The third-order valence-electron chi connectivity index (χ3n) is 3.30. The molecule has 0 heterocycles. The summed E-state index contributed by atoms with van der Waals surface area (Å²) in [5, 5.41) is 2.94. The van der Waals surface area contributed by atoms with Crippen LogP contribution in [0.25, 0.3) is 0 Å². The average Bonchev–Trinajstić information content (AvgIpc) is 2.23. The minimum Gasteiger partial charge on any atom is -0.377 e. The fourth-order valence-electron chi connectivity index (χ4n) is 2.15. The summed E-state index contributed by atoms with van der Waals surface area (Å²) in [5.74, 6) is 0. The number of alkyl halides is 3. The highest BCUT2D eigenvalue weighted by atomic mass is 19.4. The molecule has 0 aliphatic heterocycles. The summed E-state index contributed by atoms with van der Waals surface area (Å²) in [7, 11) is 3.24. The first-order valence-electron chi connectivity index (χ1n) is 5.64. The van der Waals surface area contributed by atoms with Gasteiger partial charge in [-0.05, 0) is 26.3 Å². The first-order valence-corrected chi connectivity index (χ1v) is 5.64. The zero-order valence-corrected chi connectivity index (χ0v) is 10.4. The van der Waals surface area contributed by atoms with Crippen LogP contribution in [-0.2, 0) is 4.74 Å². The SMILES string of the molecule is CCC(CC)(OC)C(CCC(F)(F)F)NC. The molecule has 1 N–H and O–H groups in total. The van der Waals surface area contributed by atoms with Crippen molar-refractivity contribution in [3.05, 3.63) is 0 Å². The van der Waals surface area contributed by atoms with Crippen molar-refractivity contribution in [1.82, 2.24) is 5.32 Å². The lowest BCUT2D eigenvalue weighted by Gasteiger charge is -2.38. The van der Waals surface area contributed by atoms with E-state index < -0.39 is 18.2 Å².